The molecule has 0 aliphatic carbocycles. The average Bonchev–Trinajstić information content (AvgIpc) is 3.70. The summed E-state index contributed by atoms with van der Waals surface area (Å²) in [4.78, 5) is 45.7. The van der Waals surface area contributed by atoms with Crippen molar-refractivity contribution in [3.05, 3.63) is 75.7 Å². The zero-order valence-corrected chi connectivity index (χ0v) is 25.8. The number of H-pyrrole nitrogens is 2. The van der Waals surface area contributed by atoms with Gasteiger partial charge in [-0.25, -0.2) is 19.7 Å². The third kappa shape index (κ3) is 4.41. The maximum absolute atomic E-state index is 12.1. The van der Waals surface area contributed by atoms with Gasteiger partial charge in [-0.15, -0.1) is 0 Å². The second kappa shape index (κ2) is 10.4. The van der Waals surface area contributed by atoms with Gasteiger partial charge in [-0.2, -0.15) is 0 Å². The molecule has 7 rings (SSSR count). The minimum Gasteiger partial charge on any atom is -0.481 e. The molecule has 1 aliphatic heterocycles. The van der Waals surface area contributed by atoms with Crippen molar-refractivity contribution < 1.29 is 19.8 Å². The molecule has 9 heteroatoms. The van der Waals surface area contributed by atoms with Gasteiger partial charge in [0.25, 0.3) is 0 Å². The smallest absolute Gasteiger partial charge is 0.354 e. The van der Waals surface area contributed by atoms with Crippen molar-refractivity contribution in [2.45, 2.75) is 60.3 Å². The molecule has 0 saturated heterocycles. The molecule has 6 heterocycles. The molecule has 0 atom stereocenters. The zero-order chi connectivity index (χ0) is 31.7. The van der Waals surface area contributed by atoms with E-state index in [0.29, 0.717) is 28.4 Å². The average molecular weight is 600 g/mol. The van der Waals surface area contributed by atoms with E-state index >= 15 is 0 Å². The van der Waals surface area contributed by atoms with Gasteiger partial charge in [-0.1, -0.05) is 13.8 Å². The van der Waals surface area contributed by atoms with E-state index in [1.807, 2.05) is 25.1 Å². The summed E-state index contributed by atoms with van der Waals surface area (Å²) in [5.41, 5.74) is 13.6. The fraction of sp³-hybridized carbons (Fsp3) is 0.250. The van der Waals surface area contributed by atoms with Crippen LogP contribution in [0.3, 0.4) is 0 Å². The maximum Gasteiger partial charge on any atom is 0.354 e. The molecule has 8 bridgehead atoms. The molecule has 0 amide bonds. The molecule has 6 aromatic rings. The highest BCUT2D eigenvalue weighted by Crippen LogP contribution is 2.40. The largest absolute Gasteiger partial charge is 0.481 e. The number of benzene rings is 1. The van der Waals surface area contributed by atoms with Crippen LogP contribution in [0.2, 0.25) is 0 Å². The van der Waals surface area contributed by atoms with E-state index in [-0.39, 0.29) is 12.1 Å². The number of aromatic nitrogens is 5. The van der Waals surface area contributed by atoms with Crippen molar-refractivity contribution in [3.8, 4) is 0 Å². The number of aromatic amines is 2. The van der Waals surface area contributed by atoms with Crippen LogP contribution in [-0.4, -0.2) is 47.1 Å². The van der Waals surface area contributed by atoms with E-state index in [4.69, 9.17) is 9.97 Å². The first-order valence-corrected chi connectivity index (χ1v) is 15.2. The number of allylic oxidation sites excluding steroid dienone is 2. The van der Waals surface area contributed by atoms with E-state index in [0.717, 1.165) is 84.9 Å². The SMILES string of the molecule is CCC1=C(C)c2cc3[nH]c(cc4[nH]c(cc5nc6c(ccc7nc(C(=O)O)cc5c76)c1n2)c(CCC(=O)O)c4C)c(C)c3CC. The van der Waals surface area contributed by atoms with Crippen molar-refractivity contribution in [2.24, 2.45) is 0 Å². The van der Waals surface area contributed by atoms with Gasteiger partial charge in [-0.3, -0.25) is 4.79 Å². The second-order valence-electron chi connectivity index (χ2n) is 11.8. The first-order valence-electron chi connectivity index (χ1n) is 15.2. The first kappa shape index (κ1) is 28.5. The van der Waals surface area contributed by atoms with E-state index in [2.05, 4.69) is 54.8 Å². The van der Waals surface area contributed by atoms with Gasteiger partial charge in [0.05, 0.1) is 27.9 Å². The molecular formula is C36H33N5O4. The summed E-state index contributed by atoms with van der Waals surface area (Å²) in [6, 6.07) is 11.5. The fourth-order valence-electron chi connectivity index (χ4n) is 6.94. The number of fused-ring (bicyclic) bond motifs is 9. The van der Waals surface area contributed by atoms with E-state index < -0.39 is 11.9 Å². The normalized spacial score (nSPS) is 12.7. The van der Waals surface area contributed by atoms with Crippen LogP contribution in [0.1, 0.15) is 77.7 Å². The lowest BCUT2D eigenvalue weighted by molar-refractivity contribution is -0.136. The van der Waals surface area contributed by atoms with Gasteiger partial charge in [-0.05, 0) is 110 Å². The summed E-state index contributed by atoms with van der Waals surface area (Å²) in [5.74, 6) is -1.99. The van der Waals surface area contributed by atoms with Crippen LogP contribution in [0, 0.1) is 13.8 Å². The van der Waals surface area contributed by atoms with Gasteiger partial charge < -0.3 is 20.2 Å². The Morgan fingerprint density at radius 2 is 1.47 bits per heavy atom. The van der Waals surface area contributed by atoms with Crippen LogP contribution >= 0.6 is 0 Å². The fourth-order valence-corrected chi connectivity index (χ4v) is 6.94. The lowest BCUT2D eigenvalue weighted by Crippen LogP contribution is -2.00. The number of aromatic carboxylic acids is 1. The van der Waals surface area contributed by atoms with Crippen molar-refractivity contribution in [1.82, 2.24) is 24.9 Å². The minimum atomic E-state index is -1.12. The maximum atomic E-state index is 12.1. The lowest BCUT2D eigenvalue weighted by Gasteiger charge is -2.05. The molecule has 0 radical (unpaired) electrons. The Bertz CT molecular complexity index is 2390. The summed E-state index contributed by atoms with van der Waals surface area (Å²) in [5, 5.41) is 21.8. The molecule has 226 valence electrons. The van der Waals surface area contributed by atoms with E-state index in [1.165, 1.54) is 5.56 Å². The Balaban J connectivity index is 1.74. The van der Waals surface area contributed by atoms with Crippen LogP contribution in [-0.2, 0) is 17.6 Å². The number of rotatable bonds is 6. The predicted molar refractivity (Wildman–Crippen MR) is 178 cm³/mol. The van der Waals surface area contributed by atoms with Crippen molar-refractivity contribution in [1.29, 1.82) is 0 Å². The quantitative estimate of drug-likeness (QED) is 0.152. The number of nitrogens with one attached hydrogen (secondary N) is 2. The van der Waals surface area contributed by atoms with E-state index in [1.54, 1.807) is 6.07 Å². The van der Waals surface area contributed by atoms with Gasteiger partial charge in [0, 0.05) is 44.6 Å². The van der Waals surface area contributed by atoms with Gasteiger partial charge in [0.15, 0.2) is 0 Å². The van der Waals surface area contributed by atoms with Crippen molar-refractivity contribution in [2.75, 3.05) is 0 Å². The standard InChI is InChI=1S/C36H33N5O4/c1-6-19-16(3)25-13-26-18(5)21(9-11-32(42)43)29(39-26)15-30-23-12-31(36(44)45)37-24-10-8-22(35(41-30)33(23)24)34-20(7-2)17(4)27(40-34)14-28(19)38-25/h8,10,12-15,38-39H,6-7,9,11H2,1-5H3,(H,42,43)(H,44,45). The molecule has 1 aromatic carbocycles. The van der Waals surface area contributed by atoms with Crippen LogP contribution in [0.5, 0.6) is 0 Å². The van der Waals surface area contributed by atoms with Gasteiger partial charge in [0.2, 0.25) is 0 Å². The summed E-state index contributed by atoms with van der Waals surface area (Å²) in [7, 11) is 0. The predicted octanol–water partition coefficient (Wildman–Crippen LogP) is 7.97. The molecule has 0 spiro atoms. The highest BCUT2D eigenvalue weighted by molar-refractivity contribution is 6.22. The number of carboxylic acid groups (broad SMARTS) is 2. The molecule has 0 saturated carbocycles. The molecule has 9 nitrogen and oxygen atoms in total. The van der Waals surface area contributed by atoms with Crippen LogP contribution in [0.15, 0.2) is 36.4 Å². The van der Waals surface area contributed by atoms with Crippen LogP contribution < -0.4 is 0 Å². The topological polar surface area (TPSA) is 145 Å². The molecule has 4 N–H and O–H groups in total. The molecule has 45 heavy (non-hydrogen) atoms. The molecule has 1 aliphatic rings. The Morgan fingerprint density at radius 1 is 0.756 bits per heavy atom. The number of hydrogen-bond acceptors (Lipinski definition) is 5. The molecule has 0 unspecified atom stereocenters. The summed E-state index contributed by atoms with van der Waals surface area (Å²) in [6.45, 7) is 10.5. The van der Waals surface area contributed by atoms with Crippen molar-refractivity contribution >= 4 is 77.9 Å². The van der Waals surface area contributed by atoms with Crippen LogP contribution in [0.4, 0.5) is 0 Å². The Morgan fingerprint density at radius 3 is 2.13 bits per heavy atom. The number of nitrogens with zero attached hydrogens (tertiary/aromatic N) is 3. The number of aliphatic carboxylic acids is 1. The van der Waals surface area contributed by atoms with Crippen LogP contribution in [0.25, 0.3) is 65.9 Å². The summed E-state index contributed by atoms with van der Waals surface area (Å²) in [6.07, 6.45) is 1.94. The van der Waals surface area contributed by atoms with Gasteiger partial charge in [0.1, 0.15) is 5.69 Å². The highest BCUT2D eigenvalue weighted by atomic mass is 16.4. The molecule has 5 aromatic heterocycles. The van der Waals surface area contributed by atoms with Gasteiger partial charge >= 0.3 is 11.9 Å². The zero-order valence-electron chi connectivity index (χ0n) is 25.8. The van der Waals surface area contributed by atoms with Crippen molar-refractivity contribution in [3.63, 3.8) is 0 Å². The number of aryl methyl sites for hydroxylation is 4. The minimum absolute atomic E-state index is 0.0248. The Hall–Kier alpha value is -5.31. The third-order valence-electron chi connectivity index (χ3n) is 9.33. The number of carbonyl (C=O) groups is 2. The number of pyridine rings is 1. The molecular weight excluding hydrogens is 566 g/mol. The Labute approximate surface area is 258 Å². The van der Waals surface area contributed by atoms with E-state index in [9.17, 15) is 19.8 Å². The lowest BCUT2D eigenvalue weighted by atomic mass is 9.99. The summed E-state index contributed by atoms with van der Waals surface area (Å²) >= 11 is 0. The highest BCUT2D eigenvalue weighted by Gasteiger charge is 2.22. The number of hydrogen-bond donors (Lipinski definition) is 4. The second-order valence-corrected chi connectivity index (χ2v) is 11.8. The number of carboxylic acids is 2. The third-order valence-corrected chi connectivity index (χ3v) is 9.33. The monoisotopic (exact) mass is 599 g/mol. The molecule has 0 fully saturated rings. The first-order chi connectivity index (χ1) is 21.6. The Kier molecular flexibility index (Phi) is 6.58. The summed E-state index contributed by atoms with van der Waals surface area (Å²) < 4.78 is 0.